The van der Waals surface area contributed by atoms with Crippen LogP contribution in [0.2, 0.25) is 0 Å². The fourth-order valence-corrected chi connectivity index (χ4v) is 3.41. The summed E-state index contributed by atoms with van der Waals surface area (Å²) in [5.41, 5.74) is 7.09. The second-order valence-corrected chi connectivity index (χ2v) is 7.39. The standard InChI is InChI=1S/C21H18N6O5/c1-12-5-6-13(17-25-19(32-26-17)21(10-30-11-21)31-20(22)29)8-14(12)24-18(28)15-9-23-16-4-2-3-7-27(15)16/h2-9H,10-11H2,1H3,(H2,22,29)(H,24,28). The number of benzene rings is 1. The maximum absolute atomic E-state index is 12.9. The van der Waals surface area contributed by atoms with Gasteiger partial charge in [-0.3, -0.25) is 9.20 Å². The van der Waals surface area contributed by atoms with Crippen LogP contribution in [-0.4, -0.2) is 44.7 Å². The van der Waals surface area contributed by atoms with Gasteiger partial charge in [-0.25, -0.2) is 9.78 Å². The number of fused-ring (bicyclic) bond motifs is 1. The number of ether oxygens (including phenoxy) is 2. The first-order chi connectivity index (χ1) is 15.4. The van der Waals surface area contributed by atoms with E-state index in [4.69, 9.17) is 19.7 Å². The maximum Gasteiger partial charge on any atom is 0.405 e. The SMILES string of the molecule is Cc1ccc(-c2noc(C3(OC(N)=O)COC3)n2)cc1NC(=O)c1cnc2ccccn12. The Morgan fingerprint density at radius 2 is 2.09 bits per heavy atom. The average Bonchev–Trinajstić information content (AvgIpc) is 3.40. The highest BCUT2D eigenvalue weighted by Gasteiger charge is 2.49. The van der Waals surface area contributed by atoms with Gasteiger partial charge in [0, 0.05) is 17.4 Å². The number of rotatable bonds is 5. The van der Waals surface area contributed by atoms with E-state index < -0.39 is 11.7 Å². The molecule has 11 nitrogen and oxygen atoms in total. The van der Waals surface area contributed by atoms with Crippen molar-refractivity contribution in [2.75, 3.05) is 18.5 Å². The fourth-order valence-electron chi connectivity index (χ4n) is 3.41. The number of nitrogens with one attached hydrogen (secondary N) is 1. The predicted octanol–water partition coefficient (Wildman–Crippen LogP) is 2.27. The lowest BCUT2D eigenvalue weighted by Gasteiger charge is -2.36. The Morgan fingerprint density at radius 1 is 1.25 bits per heavy atom. The van der Waals surface area contributed by atoms with Crippen molar-refractivity contribution in [3.63, 3.8) is 0 Å². The number of amides is 2. The molecule has 0 unspecified atom stereocenters. The molecule has 0 radical (unpaired) electrons. The van der Waals surface area contributed by atoms with Crippen molar-refractivity contribution in [1.29, 1.82) is 0 Å². The zero-order chi connectivity index (χ0) is 22.3. The minimum atomic E-state index is -1.18. The third-order valence-corrected chi connectivity index (χ3v) is 5.18. The van der Waals surface area contributed by atoms with Gasteiger partial charge in [0.1, 0.15) is 11.3 Å². The Morgan fingerprint density at radius 3 is 2.84 bits per heavy atom. The molecule has 0 atom stereocenters. The third kappa shape index (κ3) is 3.34. The molecule has 11 heteroatoms. The number of carbonyl (C=O) groups is 2. The first-order valence-corrected chi connectivity index (χ1v) is 9.70. The van der Waals surface area contributed by atoms with E-state index in [9.17, 15) is 9.59 Å². The molecule has 4 aromatic rings. The first-order valence-electron chi connectivity index (χ1n) is 9.70. The third-order valence-electron chi connectivity index (χ3n) is 5.18. The van der Waals surface area contributed by atoms with Crippen LogP contribution in [0.15, 0.2) is 53.3 Å². The lowest BCUT2D eigenvalue weighted by molar-refractivity contribution is -0.196. The number of imidazole rings is 1. The van der Waals surface area contributed by atoms with Crippen LogP contribution < -0.4 is 11.1 Å². The van der Waals surface area contributed by atoms with E-state index in [0.717, 1.165) is 5.56 Å². The van der Waals surface area contributed by atoms with Crippen LogP contribution in [0.5, 0.6) is 0 Å². The molecule has 1 aliphatic heterocycles. The van der Waals surface area contributed by atoms with Crippen LogP contribution in [-0.2, 0) is 15.1 Å². The fraction of sp³-hybridized carbons (Fsp3) is 0.190. The van der Waals surface area contributed by atoms with E-state index in [1.54, 1.807) is 22.7 Å². The quantitative estimate of drug-likeness (QED) is 0.486. The zero-order valence-corrected chi connectivity index (χ0v) is 16.9. The number of primary amides is 1. The van der Waals surface area contributed by atoms with Crippen LogP contribution in [0.1, 0.15) is 21.9 Å². The average molecular weight is 434 g/mol. The van der Waals surface area contributed by atoms with Crippen molar-refractivity contribution in [2.45, 2.75) is 12.5 Å². The van der Waals surface area contributed by atoms with E-state index in [1.807, 2.05) is 31.2 Å². The van der Waals surface area contributed by atoms with Crippen molar-refractivity contribution >= 4 is 23.3 Å². The van der Waals surface area contributed by atoms with E-state index in [0.29, 0.717) is 22.6 Å². The second kappa shape index (κ2) is 7.46. The van der Waals surface area contributed by atoms with E-state index in [-0.39, 0.29) is 30.8 Å². The number of aryl methyl sites for hydroxylation is 1. The maximum atomic E-state index is 12.9. The van der Waals surface area contributed by atoms with Gasteiger partial charge in [0.15, 0.2) is 0 Å². The summed E-state index contributed by atoms with van der Waals surface area (Å²) < 4.78 is 17.3. The summed E-state index contributed by atoms with van der Waals surface area (Å²) in [7, 11) is 0. The molecule has 1 fully saturated rings. The summed E-state index contributed by atoms with van der Waals surface area (Å²) in [5, 5.41) is 6.89. The Kier molecular flexibility index (Phi) is 4.59. The monoisotopic (exact) mass is 434 g/mol. The number of pyridine rings is 1. The summed E-state index contributed by atoms with van der Waals surface area (Å²) in [6.07, 6.45) is 2.34. The number of hydrogen-bond acceptors (Lipinski definition) is 8. The molecule has 162 valence electrons. The number of hydrogen-bond donors (Lipinski definition) is 2. The Bertz CT molecular complexity index is 1340. The van der Waals surface area contributed by atoms with Crippen molar-refractivity contribution in [3.05, 3.63) is 65.9 Å². The molecule has 0 aliphatic carbocycles. The van der Waals surface area contributed by atoms with Gasteiger partial charge in [-0.2, -0.15) is 4.98 Å². The number of carbonyl (C=O) groups excluding carboxylic acids is 2. The van der Waals surface area contributed by atoms with Gasteiger partial charge in [0.2, 0.25) is 11.4 Å². The lowest BCUT2D eigenvalue weighted by Crippen LogP contribution is -2.51. The summed E-state index contributed by atoms with van der Waals surface area (Å²) in [6, 6.07) is 10.9. The number of anilines is 1. The van der Waals surface area contributed by atoms with Crippen LogP contribution >= 0.6 is 0 Å². The Labute approximate surface area is 181 Å². The van der Waals surface area contributed by atoms with Gasteiger partial charge in [0.25, 0.3) is 11.8 Å². The summed E-state index contributed by atoms with van der Waals surface area (Å²) in [4.78, 5) is 32.7. The molecule has 2 amide bonds. The molecule has 3 N–H and O–H groups in total. The Balaban J connectivity index is 1.42. The summed E-state index contributed by atoms with van der Waals surface area (Å²) in [5.74, 6) is 0.0530. The highest BCUT2D eigenvalue weighted by Crippen LogP contribution is 2.34. The van der Waals surface area contributed by atoms with Crippen molar-refractivity contribution in [2.24, 2.45) is 5.73 Å². The highest BCUT2D eigenvalue weighted by atomic mass is 16.6. The second-order valence-electron chi connectivity index (χ2n) is 7.39. The highest BCUT2D eigenvalue weighted by molar-refractivity contribution is 6.04. The van der Waals surface area contributed by atoms with Gasteiger partial charge < -0.3 is 25.0 Å². The Hall–Kier alpha value is -4.25. The topological polar surface area (TPSA) is 147 Å². The van der Waals surface area contributed by atoms with Gasteiger partial charge >= 0.3 is 6.09 Å². The molecule has 5 rings (SSSR count). The molecular formula is C21H18N6O5. The predicted molar refractivity (Wildman–Crippen MR) is 111 cm³/mol. The van der Waals surface area contributed by atoms with E-state index in [2.05, 4.69) is 20.4 Å². The van der Waals surface area contributed by atoms with Crippen molar-refractivity contribution in [3.8, 4) is 11.4 Å². The molecule has 0 spiro atoms. The molecule has 0 saturated carbocycles. The van der Waals surface area contributed by atoms with Crippen LogP contribution in [0.4, 0.5) is 10.5 Å². The first kappa shape index (κ1) is 19.7. The molecule has 3 aromatic heterocycles. The lowest BCUT2D eigenvalue weighted by atomic mass is 10.0. The van der Waals surface area contributed by atoms with Crippen molar-refractivity contribution < 1.29 is 23.6 Å². The van der Waals surface area contributed by atoms with Gasteiger partial charge in [-0.15, -0.1) is 0 Å². The number of nitrogens with zero attached hydrogens (tertiary/aromatic N) is 4. The minimum absolute atomic E-state index is 0.0755. The molecule has 1 saturated heterocycles. The largest absolute Gasteiger partial charge is 0.428 e. The van der Waals surface area contributed by atoms with E-state index in [1.165, 1.54) is 6.20 Å². The molecule has 1 aliphatic rings. The smallest absolute Gasteiger partial charge is 0.405 e. The molecule has 4 heterocycles. The molecule has 1 aromatic carbocycles. The molecular weight excluding hydrogens is 416 g/mol. The summed E-state index contributed by atoms with van der Waals surface area (Å²) >= 11 is 0. The zero-order valence-electron chi connectivity index (χ0n) is 16.9. The minimum Gasteiger partial charge on any atom is -0.428 e. The van der Waals surface area contributed by atoms with Gasteiger partial charge in [-0.05, 0) is 30.7 Å². The van der Waals surface area contributed by atoms with Crippen LogP contribution in [0.25, 0.3) is 17.0 Å². The molecule has 32 heavy (non-hydrogen) atoms. The van der Waals surface area contributed by atoms with Crippen molar-refractivity contribution in [1.82, 2.24) is 19.5 Å². The number of aromatic nitrogens is 4. The van der Waals surface area contributed by atoms with Crippen LogP contribution in [0, 0.1) is 6.92 Å². The normalized spacial score (nSPS) is 14.7. The van der Waals surface area contributed by atoms with E-state index >= 15 is 0 Å². The van der Waals surface area contributed by atoms with Gasteiger partial charge in [0.05, 0.1) is 19.4 Å². The van der Waals surface area contributed by atoms with Gasteiger partial charge in [-0.1, -0.05) is 23.4 Å². The summed E-state index contributed by atoms with van der Waals surface area (Å²) in [6.45, 7) is 2.02. The van der Waals surface area contributed by atoms with Crippen LogP contribution in [0.3, 0.4) is 0 Å². The number of nitrogens with two attached hydrogens (primary N) is 1. The molecule has 0 bridgehead atoms.